The van der Waals surface area contributed by atoms with E-state index in [1.807, 2.05) is 76.2 Å². The molecule has 0 saturated carbocycles. The van der Waals surface area contributed by atoms with Crippen LogP contribution in [-0.2, 0) is 37.2 Å². The first kappa shape index (κ1) is 25.7. The van der Waals surface area contributed by atoms with E-state index in [9.17, 15) is 20.4 Å². The van der Waals surface area contributed by atoms with Gasteiger partial charge in [-0.05, 0) is 61.1 Å². The lowest BCUT2D eigenvalue weighted by Crippen LogP contribution is -2.03. The molecule has 0 unspecified atom stereocenters. The fraction of sp³-hybridized carbons (Fsp3) is 0.273. The van der Waals surface area contributed by atoms with Crippen molar-refractivity contribution < 1.29 is 25.2 Å². The zero-order valence-electron chi connectivity index (χ0n) is 22.4. The van der Waals surface area contributed by atoms with Gasteiger partial charge in [0, 0.05) is 30.4 Å². The third-order valence-electron chi connectivity index (χ3n) is 7.31. The van der Waals surface area contributed by atoms with Crippen LogP contribution < -0.4 is 0 Å². The highest BCUT2D eigenvalue weighted by molar-refractivity contribution is 5.55. The van der Waals surface area contributed by atoms with Gasteiger partial charge in [-0.15, -0.1) is 0 Å². The average Bonchev–Trinajstić information content (AvgIpc) is 2.84. The molecule has 196 valence electrons. The molecule has 5 heteroatoms. The summed E-state index contributed by atoms with van der Waals surface area (Å²) in [6.07, 6.45) is 1.06. The quantitative estimate of drug-likeness (QED) is 0.216. The Morgan fingerprint density at radius 2 is 0.605 bits per heavy atom. The molecule has 38 heavy (non-hydrogen) atoms. The largest absolute Gasteiger partial charge is 0.507 e. The summed E-state index contributed by atoms with van der Waals surface area (Å²) in [5, 5.41) is 44.8. The molecule has 0 radical (unpaired) electrons. The second-order valence-corrected chi connectivity index (χ2v) is 10.8. The van der Waals surface area contributed by atoms with Crippen molar-refractivity contribution in [2.75, 3.05) is 0 Å². The Bertz CT molecular complexity index is 1440. The summed E-state index contributed by atoms with van der Waals surface area (Å²) in [5.74, 6) is 0.626. The van der Waals surface area contributed by atoms with Crippen LogP contribution in [-0.4, -0.2) is 20.4 Å². The molecule has 4 aromatic rings. The molecule has 4 aromatic carbocycles. The monoisotopic (exact) mass is 510 g/mol. The van der Waals surface area contributed by atoms with E-state index in [2.05, 4.69) is 0 Å². The summed E-state index contributed by atoms with van der Waals surface area (Å²) in [5.41, 5.74) is 9.54. The van der Waals surface area contributed by atoms with E-state index in [0.29, 0.717) is 52.6 Å². The number of ether oxygens (including phenoxy) is 1. The van der Waals surface area contributed by atoms with Crippen LogP contribution in [0.4, 0.5) is 0 Å². The summed E-state index contributed by atoms with van der Waals surface area (Å²) in [6, 6.07) is 15.4. The maximum absolute atomic E-state index is 11.3. The number of hydrogen-bond donors (Lipinski definition) is 4. The van der Waals surface area contributed by atoms with E-state index >= 15 is 0 Å². The standard InChI is InChI=1S/C33H34O5/c1-18-5-22-13-23-6-19(2)8-25(31(23)35)15-27-10-21(4)12-29(33(27)37)17-38-16-28-11-20(3)9-26(32(28)36)14-24(7-18)30(22)34/h5-12,34-37H,13-17H2,1-4H3. The smallest absolute Gasteiger partial charge is 0.124 e. The Balaban J connectivity index is 1.70. The molecule has 0 fully saturated rings. The van der Waals surface area contributed by atoms with Gasteiger partial charge in [-0.25, -0.2) is 0 Å². The van der Waals surface area contributed by atoms with E-state index < -0.39 is 0 Å². The Morgan fingerprint density at radius 3 is 0.868 bits per heavy atom. The number of rotatable bonds is 0. The molecule has 0 aliphatic carbocycles. The van der Waals surface area contributed by atoms with Gasteiger partial charge < -0.3 is 25.2 Å². The average molecular weight is 511 g/mol. The molecule has 4 N–H and O–H groups in total. The summed E-state index contributed by atoms with van der Waals surface area (Å²) < 4.78 is 5.98. The summed E-state index contributed by atoms with van der Waals surface area (Å²) >= 11 is 0. The first-order valence-corrected chi connectivity index (χ1v) is 12.9. The molecule has 1 heterocycles. The minimum atomic E-state index is 0.147. The van der Waals surface area contributed by atoms with E-state index in [1.54, 1.807) is 0 Å². The molecular weight excluding hydrogens is 476 g/mol. The zero-order chi connectivity index (χ0) is 27.1. The van der Waals surface area contributed by atoms with Crippen LogP contribution in [0.25, 0.3) is 0 Å². The van der Waals surface area contributed by atoms with Crippen molar-refractivity contribution in [3.05, 3.63) is 115 Å². The molecule has 5 rings (SSSR count). The van der Waals surface area contributed by atoms with E-state index in [-0.39, 0.29) is 36.2 Å². The van der Waals surface area contributed by atoms with Crippen molar-refractivity contribution in [3.8, 4) is 23.0 Å². The maximum Gasteiger partial charge on any atom is 0.124 e. The van der Waals surface area contributed by atoms with Crippen molar-refractivity contribution in [3.63, 3.8) is 0 Å². The van der Waals surface area contributed by atoms with Gasteiger partial charge in [-0.1, -0.05) is 70.8 Å². The van der Waals surface area contributed by atoms with Crippen LogP contribution in [0.1, 0.15) is 66.8 Å². The van der Waals surface area contributed by atoms with E-state index in [1.165, 1.54) is 0 Å². The van der Waals surface area contributed by atoms with Gasteiger partial charge >= 0.3 is 0 Å². The van der Waals surface area contributed by atoms with Gasteiger partial charge in [-0.3, -0.25) is 0 Å². The lowest BCUT2D eigenvalue weighted by atomic mass is 9.91. The Labute approximate surface area is 223 Å². The highest BCUT2D eigenvalue weighted by atomic mass is 16.5. The highest BCUT2D eigenvalue weighted by Gasteiger charge is 2.19. The number of fused-ring (bicyclic) bond motifs is 8. The Hall–Kier alpha value is -3.96. The molecule has 5 nitrogen and oxygen atoms in total. The Morgan fingerprint density at radius 1 is 0.395 bits per heavy atom. The topological polar surface area (TPSA) is 90.2 Å². The first-order valence-electron chi connectivity index (χ1n) is 12.9. The van der Waals surface area contributed by atoms with Crippen molar-refractivity contribution in [2.45, 2.75) is 60.2 Å². The number of benzene rings is 4. The SMILES string of the molecule is Cc1cc2c(O)c(c1)Cc1cc(C)cc(c1O)Cc1cc(C)cc(c1O)Cc1cc(C)cc(c1O)COC2. The predicted molar refractivity (Wildman–Crippen MR) is 148 cm³/mol. The van der Waals surface area contributed by atoms with Crippen LogP contribution in [0, 0.1) is 27.7 Å². The van der Waals surface area contributed by atoms with Gasteiger partial charge in [0.2, 0.25) is 0 Å². The molecule has 0 amide bonds. The van der Waals surface area contributed by atoms with Gasteiger partial charge in [0.15, 0.2) is 0 Å². The number of phenolic OH excluding ortho intramolecular Hbond substituents is 4. The minimum Gasteiger partial charge on any atom is -0.507 e. The fourth-order valence-electron chi connectivity index (χ4n) is 5.65. The number of aryl methyl sites for hydroxylation is 4. The van der Waals surface area contributed by atoms with Crippen LogP contribution in [0.3, 0.4) is 0 Å². The molecular formula is C33H34O5. The number of phenols is 4. The third kappa shape index (κ3) is 5.07. The molecule has 1 aliphatic heterocycles. The van der Waals surface area contributed by atoms with Crippen molar-refractivity contribution in [2.24, 2.45) is 0 Å². The fourth-order valence-corrected chi connectivity index (χ4v) is 5.65. The van der Waals surface area contributed by atoms with Gasteiger partial charge in [-0.2, -0.15) is 0 Å². The molecule has 1 aliphatic rings. The predicted octanol–water partition coefficient (Wildman–Crippen LogP) is 6.55. The van der Waals surface area contributed by atoms with Crippen molar-refractivity contribution in [1.82, 2.24) is 0 Å². The lowest BCUT2D eigenvalue weighted by Gasteiger charge is -2.18. The van der Waals surface area contributed by atoms with Gasteiger partial charge in [0.1, 0.15) is 23.0 Å². The summed E-state index contributed by atoms with van der Waals surface area (Å²) in [6.45, 7) is 8.25. The molecule has 8 bridgehead atoms. The van der Waals surface area contributed by atoms with Crippen LogP contribution in [0.5, 0.6) is 23.0 Å². The molecule has 0 saturated heterocycles. The first-order chi connectivity index (χ1) is 18.1. The van der Waals surface area contributed by atoms with E-state index in [4.69, 9.17) is 4.74 Å². The van der Waals surface area contributed by atoms with Crippen LogP contribution in [0.15, 0.2) is 48.5 Å². The van der Waals surface area contributed by atoms with Crippen LogP contribution >= 0.6 is 0 Å². The van der Waals surface area contributed by atoms with Crippen molar-refractivity contribution in [1.29, 1.82) is 0 Å². The minimum absolute atomic E-state index is 0.147. The van der Waals surface area contributed by atoms with Crippen molar-refractivity contribution >= 4 is 0 Å². The molecule has 0 atom stereocenters. The Kier molecular flexibility index (Phi) is 6.80. The zero-order valence-corrected chi connectivity index (χ0v) is 22.4. The second kappa shape index (κ2) is 10.1. The highest BCUT2D eigenvalue weighted by Crippen LogP contribution is 2.37. The number of aromatic hydroxyl groups is 4. The third-order valence-corrected chi connectivity index (χ3v) is 7.31. The molecule has 0 spiro atoms. The lowest BCUT2D eigenvalue weighted by molar-refractivity contribution is 0.103. The maximum atomic E-state index is 11.3. The van der Waals surface area contributed by atoms with Crippen LogP contribution in [0.2, 0.25) is 0 Å². The van der Waals surface area contributed by atoms with Gasteiger partial charge in [0.05, 0.1) is 13.2 Å². The number of hydrogen-bond acceptors (Lipinski definition) is 5. The second-order valence-electron chi connectivity index (χ2n) is 10.8. The molecule has 0 aromatic heterocycles. The normalized spacial score (nSPS) is 13.6. The summed E-state index contributed by atoms with van der Waals surface area (Å²) in [4.78, 5) is 0. The summed E-state index contributed by atoms with van der Waals surface area (Å²) in [7, 11) is 0. The van der Waals surface area contributed by atoms with E-state index in [0.717, 1.165) is 33.4 Å². The van der Waals surface area contributed by atoms with Gasteiger partial charge in [0.25, 0.3) is 0 Å².